The molecule has 0 amide bonds. The third kappa shape index (κ3) is 4.52. The topological polar surface area (TPSA) is 46.2 Å². The first-order valence-corrected chi connectivity index (χ1v) is 6.69. The van der Waals surface area contributed by atoms with Crippen LogP contribution in [0.15, 0.2) is 18.2 Å². The Hall–Kier alpha value is 0.0700. The molecule has 1 rings (SSSR count). The minimum Gasteiger partial charge on any atom is -0.380 e. The van der Waals surface area contributed by atoms with E-state index in [9.17, 15) is 5.11 Å². The number of nitrogens with two attached hydrogens (primary N) is 1. The van der Waals surface area contributed by atoms with Crippen molar-refractivity contribution in [3.8, 4) is 0 Å². The molecule has 5 heteroatoms. The Labute approximate surface area is 110 Å². The molecule has 0 saturated carbocycles. The molecule has 16 heavy (non-hydrogen) atoms. The van der Waals surface area contributed by atoms with Crippen molar-refractivity contribution in [1.82, 2.24) is 0 Å². The van der Waals surface area contributed by atoms with Crippen molar-refractivity contribution in [3.05, 3.63) is 33.8 Å². The molecule has 2 nitrogen and oxygen atoms in total. The molecule has 3 N–H and O–H groups in total. The lowest BCUT2D eigenvalue weighted by Crippen LogP contribution is -2.23. The van der Waals surface area contributed by atoms with Gasteiger partial charge in [0, 0.05) is 15.8 Å². The van der Waals surface area contributed by atoms with Crippen molar-refractivity contribution >= 4 is 35.0 Å². The first-order chi connectivity index (χ1) is 7.44. The molecule has 0 aromatic heterocycles. The van der Waals surface area contributed by atoms with Gasteiger partial charge in [-0.2, -0.15) is 0 Å². The number of halogens is 2. The van der Waals surface area contributed by atoms with Crippen LogP contribution in [0.3, 0.4) is 0 Å². The van der Waals surface area contributed by atoms with Crippen molar-refractivity contribution in [3.63, 3.8) is 0 Å². The lowest BCUT2D eigenvalue weighted by Gasteiger charge is -2.22. The summed E-state index contributed by atoms with van der Waals surface area (Å²) >= 11 is 13.3. The molecule has 0 aliphatic carbocycles. The minimum atomic E-state index is -0.808. The highest BCUT2D eigenvalue weighted by Gasteiger charge is 2.20. The van der Waals surface area contributed by atoms with E-state index >= 15 is 0 Å². The highest BCUT2D eigenvalue weighted by molar-refractivity contribution is 7.99. The van der Waals surface area contributed by atoms with Gasteiger partial charge in [-0.15, -0.1) is 11.8 Å². The fourth-order valence-electron chi connectivity index (χ4n) is 1.21. The molecule has 0 fully saturated rings. The number of rotatable bonds is 5. The van der Waals surface area contributed by atoms with Crippen LogP contribution in [0, 0.1) is 0 Å². The van der Waals surface area contributed by atoms with Gasteiger partial charge in [0.2, 0.25) is 0 Å². The van der Waals surface area contributed by atoms with Gasteiger partial charge >= 0.3 is 0 Å². The van der Waals surface area contributed by atoms with Crippen LogP contribution in [-0.4, -0.2) is 16.6 Å². The zero-order valence-electron chi connectivity index (χ0n) is 9.04. The van der Waals surface area contributed by atoms with Crippen LogP contribution in [0.1, 0.15) is 18.9 Å². The number of thioether (sulfide) groups is 1. The van der Waals surface area contributed by atoms with Crippen LogP contribution in [-0.2, 0) is 5.75 Å². The first-order valence-electron chi connectivity index (χ1n) is 4.95. The van der Waals surface area contributed by atoms with Crippen molar-refractivity contribution in [2.24, 2.45) is 5.73 Å². The normalized spacial score (nSPS) is 14.8. The maximum absolute atomic E-state index is 9.94. The second-order valence-electron chi connectivity index (χ2n) is 3.74. The standard InChI is InChI=1S/C11H15Cl2NOS/c1-11(15,4-5-14)16-7-8-2-3-9(12)6-10(8)13/h2-3,6,15H,4-5,7,14H2,1H3. The third-order valence-electron chi connectivity index (χ3n) is 2.16. The van der Waals surface area contributed by atoms with E-state index in [2.05, 4.69) is 0 Å². The van der Waals surface area contributed by atoms with Crippen LogP contribution in [0.4, 0.5) is 0 Å². The Morgan fingerprint density at radius 2 is 2.12 bits per heavy atom. The van der Waals surface area contributed by atoms with Gasteiger partial charge in [0.15, 0.2) is 0 Å². The maximum Gasteiger partial charge on any atom is 0.109 e. The fourth-order valence-corrected chi connectivity index (χ4v) is 2.75. The molecule has 0 aliphatic rings. The highest BCUT2D eigenvalue weighted by atomic mass is 35.5. The molecule has 0 aliphatic heterocycles. The predicted molar refractivity (Wildman–Crippen MR) is 72.1 cm³/mol. The summed E-state index contributed by atoms with van der Waals surface area (Å²) in [6.45, 7) is 2.22. The Balaban J connectivity index is 2.61. The van der Waals surface area contributed by atoms with Crippen LogP contribution < -0.4 is 5.73 Å². The van der Waals surface area contributed by atoms with Crippen molar-refractivity contribution in [2.45, 2.75) is 24.0 Å². The fraction of sp³-hybridized carbons (Fsp3) is 0.455. The van der Waals surface area contributed by atoms with E-state index < -0.39 is 4.93 Å². The number of aliphatic hydroxyl groups is 1. The van der Waals surface area contributed by atoms with Gasteiger partial charge in [-0.3, -0.25) is 0 Å². The predicted octanol–water partition coefficient (Wildman–Crippen LogP) is 3.28. The zero-order valence-corrected chi connectivity index (χ0v) is 11.4. The smallest absolute Gasteiger partial charge is 0.109 e. The van der Waals surface area contributed by atoms with Gasteiger partial charge in [0.25, 0.3) is 0 Å². The van der Waals surface area contributed by atoms with E-state index in [0.717, 1.165) is 5.56 Å². The Morgan fingerprint density at radius 3 is 2.69 bits per heavy atom. The Bertz CT molecular complexity index is 358. The molecule has 0 radical (unpaired) electrons. The molecule has 0 saturated heterocycles. The lowest BCUT2D eigenvalue weighted by atomic mass is 10.2. The van der Waals surface area contributed by atoms with Crippen molar-refractivity contribution in [2.75, 3.05) is 6.54 Å². The summed E-state index contributed by atoms with van der Waals surface area (Å²) in [4.78, 5) is -0.808. The maximum atomic E-state index is 9.94. The van der Waals surface area contributed by atoms with Crippen LogP contribution in [0.5, 0.6) is 0 Å². The van der Waals surface area contributed by atoms with Crippen molar-refractivity contribution < 1.29 is 5.11 Å². The summed E-state index contributed by atoms with van der Waals surface area (Å²) in [5.74, 6) is 0.642. The molecule has 1 atom stereocenters. The van der Waals surface area contributed by atoms with E-state index in [-0.39, 0.29) is 0 Å². The third-order valence-corrected chi connectivity index (χ3v) is 4.03. The second kappa shape index (κ2) is 6.12. The monoisotopic (exact) mass is 279 g/mol. The lowest BCUT2D eigenvalue weighted by molar-refractivity contribution is 0.150. The summed E-state index contributed by atoms with van der Waals surface area (Å²) in [5.41, 5.74) is 6.38. The average molecular weight is 280 g/mol. The van der Waals surface area contributed by atoms with Gasteiger partial charge in [0.1, 0.15) is 4.93 Å². The average Bonchev–Trinajstić information content (AvgIpc) is 2.16. The summed E-state index contributed by atoms with van der Waals surface area (Å²) in [6, 6.07) is 5.37. The van der Waals surface area contributed by atoms with Gasteiger partial charge in [-0.1, -0.05) is 29.3 Å². The summed E-state index contributed by atoms with van der Waals surface area (Å²) in [6.07, 6.45) is 0.558. The molecule has 90 valence electrons. The van der Waals surface area contributed by atoms with Gasteiger partial charge < -0.3 is 10.8 Å². The Kier molecular flexibility index (Phi) is 5.41. The number of hydrogen-bond donors (Lipinski definition) is 2. The Morgan fingerprint density at radius 1 is 1.44 bits per heavy atom. The molecule has 0 bridgehead atoms. The summed E-state index contributed by atoms with van der Waals surface area (Å²) in [7, 11) is 0. The van der Waals surface area contributed by atoms with Gasteiger partial charge in [0.05, 0.1) is 0 Å². The number of hydrogen-bond acceptors (Lipinski definition) is 3. The molecular formula is C11H15Cl2NOS. The SMILES string of the molecule is CC(O)(CCN)SCc1ccc(Cl)cc1Cl. The van der Waals surface area contributed by atoms with Crippen LogP contribution in [0.25, 0.3) is 0 Å². The zero-order chi connectivity index (χ0) is 12.2. The largest absolute Gasteiger partial charge is 0.380 e. The van der Waals surface area contributed by atoms with E-state index in [0.29, 0.717) is 28.8 Å². The van der Waals surface area contributed by atoms with Crippen molar-refractivity contribution in [1.29, 1.82) is 0 Å². The molecule has 0 spiro atoms. The van der Waals surface area contributed by atoms with E-state index in [1.807, 2.05) is 6.07 Å². The van der Waals surface area contributed by atoms with Crippen LogP contribution >= 0.6 is 35.0 Å². The molecule has 1 unspecified atom stereocenters. The molecule has 1 aromatic rings. The minimum absolute atomic E-state index is 0.467. The van der Waals surface area contributed by atoms with E-state index in [4.69, 9.17) is 28.9 Å². The van der Waals surface area contributed by atoms with E-state index in [1.165, 1.54) is 11.8 Å². The number of benzene rings is 1. The summed E-state index contributed by atoms with van der Waals surface area (Å²) in [5, 5.41) is 11.2. The van der Waals surface area contributed by atoms with Gasteiger partial charge in [-0.05, 0) is 37.6 Å². The molecular weight excluding hydrogens is 265 g/mol. The highest BCUT2D eigenvalue weighted by Crippen LogP contribution is 2.31. The van der Waals surface area contributed by atoms with E-state index in [1.54, 1.807) is 19.1 Å². The summed E-state index contributed by atoms with van der Waals surface area (Å²) < 4.78 is 0. The first kappa shape index (κ1) is 14.1. The van der Waals surface area contributed by atoms with Crippen LogP contribution in [0.2, 0.25) is 10.0 Å². The quantitative estimate of drug-likeness (QED) is 0.814. The second-order valence-corrected chi connectivity index (χ2v) is 6.04. The molecule has 0 heterocycles. The van der Waals surface area contributed by atoms with Gasteiger partial charge in [-0.25, -0.2) is 0 Å². The molecule has 1 aromatic carbocycles.